The van der Waals surface area contributed by atoms with Crippen molar-refractivity contribution in [3.63, 3.8) is 0 Å². The lowest BCUT2D eigenvalue weighted by Gasteiger charge is -2.22. The van der Waals surface area contributed by atoms with Crippen molar-refractivity contribution in [3.8, 4) is 0 Å². The minimum atomic E-state index is -0.128. The number of ether oxygens (including phenoxy) is 1. The van der Waals surface area contributed by atoms with E-state index in [1.807, 2.05) is 0 Å². The summed E-state index contributed by atoms with van der Waals surface area (Å²) in [5.41, 5.74) is 0. The Bertz CT molecular complexity index is 91.0. The summed E-state index contributed by atoms with van der Waals surface area (Å²) in [5, 5.41) is 5.59. The molecule has 1 rings (SSSR count). The molecule has 9 heavy (non-hydrogen) atoms. The summed E-state index contributed by atoms with van der Waals surface area (Å²) in [6, 6.07) is 0. The fourth-order valence-corrected chi connectivity index (χ4v) is 0.748. The van der Waals surface area contributed by atoms with Crippen LogP contribution in [0.15, 0.2) is 0 Å². The topological polar surface area (TPSA) is 50.4 Å². The summed E-state index contributed by atoms with van der Waals surface area (Å²) >= 11 is 0. The van der Waals surface area contributed by atoms with Gasteiger partial charge in [-0.1, -0.05) is 0 Å². The van der Waals surface area contributed by atoms with Gasteiger partial charge in [-0.15, -0.1) is 0 Å². The van der Waals surface area contributed by atoms with Gasteiger partial charge in [0.2, 0.25) is 6.41 Å². The van der Waals surface area contributed by atoms with Gasteiger partial charge < -0.3 is 15.4 Å². The van der Waals surface area contributed by atoms with Crippen molar-refractivity contribution in [2.24, 2.45) is 0 Å². The second-order valence-electron chi connectivity index (χ2n) is 1.85. The van der Waals surface area contributed by atoms with E-state index in [1.54, 1.807) is 0 Å². The number of carbonyl (C=O) groups is 1. The zero-order valence-corrected chi connectivity index (χ0v) is 5.09. The van der Waals surface area contributed by atoms with E-state index in [4.69, 9.17) is 4.74 Å². The minimum absolute atomic E-state index is 0.128. The molecule has 0 aromatic carbocycles. The van der Waals surface area contributed by atoms with Crippen molar-refractivity contribution in [1.82, 2.24) is 10.6 Å². The lowest BCUT2D eigenvalue weighted by molar-refractivity contribution is -0.114. The predicted molar refractivity (Wildman–Crippen MR) is 31.8 cm³/mol. The molecule has 0 radical (unpaired) electrons. The molecule has 2 N–H and O–H groups in total. The Morgan fingerprint density at radius 1 is 1.78 bits per heavy atom. The van der Waals surface area contributed by atoms with Gasteiger partial charge in [0.15, 0.2) is 0 Å². The predicted octanol–water partition coefficient (Wildman–Crippen LogP) is -1.32. The molecule has 1 saturated heterocycles. The van der Waals surface area contributed by atoms with Crippen LogP contribution in [-0.4, -0.2) is 32.3 Å². The summed E-state index contributed by atoms with van der Waals surface area (Å²) < 4.78 is 5.11. The van der Waals surface area contributed by atoms with Gasteiger partial charge in [0.05, 0.1) is 6.61 Å². The van der Waals surface area contributed by atoms with Gasteiger partial charge in [-0.25, -0.2) is 0 Å². The third-order valence-corrected chi connectivity index (χ3v) is 1.18. The Morgan fingerprint density at radius 2 is 2.67 bits per heavy atom. The van der Waals surface area contributed by atoms with Gasteiger partial charge in [-0.3, -0.25) is 4.79 Å². The number of hydrogen-bond donors (Lipinski definition) is 2. The first-order valence-electron chi connectivity index (χ1n) is 2.95. The van der Waals surface area contributed by atoms with E-state index >= 15 is 0 Å². The summed E-state index contributed by atoms with van der Waals surface area (Å²) in [4.78, 5) is 9.85. The third kappa shape index (κ3) is 1.99. The van der Waals surface area contributed by atoms with Gasteiger partial charge in [-0.2, -0.15) is 0 Å². The number of morpholine rings is 1. The molecule has 1 atom stereocenters. The first-order valence-corrected chi connectivity index (χ1v) is 2.95. The van der Waals surface area contributed by atoms with Crippen LogP contribution in [0.3, 0.4) is 0 Å². The maximum absolute atomic E-state index is 9.85. The highest BCUT2D eigenvalue weighted by molar-refractivity contribution is 5.46. The molecule has 1 heterocycles. The molecule has 4 heteroatoms. The van der Waals surface area contributed by atoms with Crippen LogP contribution in [0.4, 0.5) is 0 Å². The highest BCUT2D eigenvalue weighted by Gasteiger charge is 2.09. The standard InChI is InChI=1S/C5H10N2O2/c8-4-7-5-3-6-1-2-9-5/h4-6H,1-3H2,(H,7,8). The van der Waals surface area contributed by atoms with E-state index in [1.165, 1.54) is 0 Å². The molecule has 1 fully saturated rings. The highest BCUT2D eigenvalue weighted by Crippen LogP contribution is 1.88. The van der Waals surface area contributed by atoms with Crippen LogP contribution in [0.1, 0.15) is 0 Å². The fourth-order valence-electron chi connectivity index (χ4n) is 0.748. The lowest BCUT2D eigenvalue weighted by Crippen LogP contribution is -2.46. The van der Waals surface area contributed by atoms with Crippen molar-refractivity contribution in [3.05, 3.63) is 0 Å². The van der Waals surface area contributed by atoms with Crippen molar-refractivity contribution in [2.45, 2.75) is 6.23 Å². The maximum atomic E-state index is 9.85. The molecule has 1 aliphatic rings. The van der Waals surface area contributed by atoms with Crippen LogP contribution in [0.2, 0.25) is 0 Å². The molecule has 1 amide bonds. The third-order valence-electron chi connectivity index (χ3n) is 1.18. The molecular formula is C5H10N2O2. The van der Waals surface area contributed by atoms with Gasteiger partial charge in [0.1, 0.15) is 6.23 Å². The molecule has 0 aromatic rings. The Hall–Kier alpha value is -0.610. The largest absolute Gasteiger partial charge is 0.356 e. The van der Waals surface area contributed by atoms with Gasteiger partial charge in [0, 0.05) is 13.1 Å². The van der Waals surface area contributed by atoms with Crippen molar-refractivity contribution >= 4 is 6.41 Å². The summed E-state index contributed by atoms with van der Waals surface area (Å²) in [6.07, 6.45) is 0.522. The Kier molecular flexibility index (Phi) is 2.48. The van der Waals surface area contributed by atoms with Gasteiger partial charge in [-0.05, 0) is 0 Å². The second kappa shape index (κ2) is 3.42. The molecule has 52 valence electrons. The Labute approximate surface area is 53.6 Å². The molecule has 0 aliphatic carbocycles. The molecular weight excluding hydrogens is 120 g/mol. The van der Waals surface area contributed by atoms with Crippen LogP contribution >= 0.6 is 0 Å². The molecule has 0 saturated carbocycles. The van der Waals surface area contributed by atoms with Crippen LogP contribution in [0.25, 0.3) is 0 Å². The lowest BCUT2D eigenvalue weighted by atomic mass is 10.4. The number of nitrogens with one attached hydrogen (secondary N) is 2. The van der Waals surface area contributed by atoms with E-state index < -0.39 is 0 Å². The first kappa shape index (κ1) is 6.51. The van der Waals surface area contributed by atoms with E-state index in [2.05, 4.69) is 10.6 Å². The summed E-state index contributed by atoms with van der Waals surface area (Å²) in [7, 11) is 0. The molecule has 1 aliphatic heterocycles. The number of hydrogen-bond acceptors (Lipinski definition) is 3. The fraction of sp³-hybridized carbons (Fsp3) is 0.800. The quantitative estimate of drug-likeness (QED) is 0.456. The van der Waals surface area contributed by atoms with E-state index in [-0.39, 0.29) is 6.23 Å². The average molecular weight is 130 g/mol. The van der Waals surface area contributed by atoms with Crippen molar-refractivity contribution < 1.29 is 9.53 Å². The zero-order valence-electron chi connectivity index (χ0n) is 5.09. The number of carbonyl (C=O) groups excluding carboxylic acids is 1. The molecule has 0 spiro atoms. The smallest absolute Gasteiger partial charge is 0.209 e. The SMILES string of the molecule is O=CNC1CNCCO1. The van der Waals surface area contributed by atoms with Crippen LogP contribution in [-0.2, 0) is 9.53 Å². The summed E-state index contributed by atoms with van der Waals surface area (Å²) in [5.74, 6) is 0. The first-order chi connectivity index (χ1) is 4.43. The molecule has 1 unspecified atom stereocenters. The van der Waals surface area contributed by atoms with E-state index in [0.29, 0.717) is 19.6 Å². The maximum Gasteiger partial charge on any atom is 0.209 e. The summed E-state index contributed by atoms with van der Waals surface area (Å²) in [6.45, 7) is 2.25. The molecule has 4 nitrogen and oxygen atoms in total. The number of rotatable bonds is 2. The normalized spacial score (nSPS) is 27.3. The molecule has 0 aromatic heterocycles. The number of amides is 1. The van der Waals surface area contributed by atoms with Crippen LogP contribution in [0, 0.1) is 0 Å². The average Bonchev–Trinajstić information content (AvgIpc) is 1.91. The monoisotopic (exact) mass is 130 g/mol. The van der Waals surface area contributed by atoms with E-state index in [9.17, 15) is 4.79 Å². The second-order valence-corrected chi connectivity index (χ2v) is 1.85. The Balaban J connectivity index is 2.15. The van der Waals surface area contributed by atoms with Gasteiger partial charge >= 0.3 is 0 Å². The highest BCUT2D eigenvalue weighted by atomic mass is 16.5. The van der Waals surface area contributed by atoms with E-state index in [0.717, 1.165) is 6.54 Å². The van der Waals surface area contributed by atoms with Crippen LogP contribution < -0.4 is 10.6 Å². The van der Waals surface area contributed by atoms with Gasteiger partial charge in [0.25, 0.3) is 0 Å². The Morgan fingerprint density at radius 3 is 3.22 bits per heavy atom. The minimum Gasteiger partial charge on any atom is -0.356 e. The molecule has 0 bridgehead atoms. The van der Waals surface area contributed by atoms with Crippen molar-refractivity contribution in [2.75, 3.05) is 19.7 Å². The van der Waals surface area contributed by atoms with Crippen LogP contribution in [0.5, 0.6) is 0 Å². The zero-order chi connectivity index (χ0) is 6.53. The van der Waals surface area contributed by atoms with Crippen molar-refractivity contribution in [1.29, 1.82) is 0 Å².